The van der Waals surface area contributed by atoms with Crippen LogP contribution in [0.2, 0.25) is 0 Å². The van der Waals surface area contributed by atoms with Crippen LogP contribution < -0.4 is 0 Å². The monoisotopic (exact) mass is 481 g/mol. The molecule has 0 radical (unpaired) electrons. The molecule has 2 heteroatoms. The van der Waals surface area contributed by atoms with E-state index < -0.39 is 0 Å². The maximum Gasteiger partial charge on any atom is 0.142 e. The first kappa shape index (κ1) is 37.9. The van der Waals surface area contributed by atoms with Gasteiger partial charge in [0, 0.05) is 0 Å². The van der Waals surface area contributed by atoms with Gasteiger partial charge in [0.2, 0.25) is 0 Å². The van der Waals surface area contributed by atoms with E-state index in [1.54, 1.807) is 0 Å². The average Bonchev–Trinajstić information content (AvgIpc) is 3.29. The molecule has 2 unspecified atom stereocenters. The quantitative estimate of drug-likeness (QED) is 0.373. The molecule has 1 aliphatic heterocycles. The molecule has 0 aromatic heterocycles. The normalized spacial score (nSPS) is 20.1. The lowest BCUT2D eigenvalue weighted by atomic mass is 9.80. The Bertz CT molecular complexity index is 486. The van der Waals surface area contributed by atoms with Crippen molar-refractivity contribution in [3.05, 3.63) is 0 Å². The number of aliphatic imine (C=N–C) groups is 2. The Morgan fingerprint density at radius 2 is 0.765 bits per heavy atom. The molecule has 0 aromatic carbocycles. The first-order valence-electron chi connectivity index (χ1n) is 14.2. The number of nitrogens with zero attached hydrogens (tertiary/aromatic N) is 2. The first-order chi connectivity index (χ1) is 15.0. The number of hydrogen-bond donors (Lipinski definition) is 0. The molecule has 2 nitrogen and oxygen atoms in total. The minimum Gasteiger partial charge on any atom is -0.261 e. The van der Waals surface area contributed by atoms with Gasteiger partial charge in [-0.15, -0.1) is 0 Å². The fourth-order valence-electron chi connectivity index (χ4n) is 4.31. The smallest absolute Gasteiger partial charge is 0.142 e. The van der Waals surface area contributed by atoms with E-state index >= 15 is 0 Å². The van der Waals surface area contributed by atoms with Crippen molar-refractivity contribution in [1.82, 2.24) is 0 Å². The zero-order valence-corrected chi connectivity index (χ0v) is 25.8. The summed E-state index contributed by atoms with van der Waals surface area (Å²) in [5.41, 5.74) is 2.44. The highest BCUT2D eigenvalue weighted by atomic mass is 15.1. The Balaban J connectivity index is -0.000000427. The standard InChI is InChI=1S/C12H22N2.C11H22.2C4H10.CH4/c1-7(2)10-11(8(3)4)14-12(13-10)9(5)6;1-8(2)10-6-5-7-11(10)9(3)4;2*1-4(2)3;/h7-9,12H,1-6H3;8-11H,5-7H2,1-4H3;2*4H,1-3H3;1H4. The van der Waals surface area contributed by atoms with Gasteiger partial charge in [-0.3, -0.25) is 9.98 Å². The van der Waals surface area contributed by atoms with E-state index in [4.69, 9.17) is 9.98 Å². The summed E-state index contributed by atoms with van der Waals surface area (Å²) in [5.74, 6) is 7.04. The third-order valence-electron chi connectivity index (χ3n) is 5.83. The van der Waals surface area contributed by atoms with E-state index in [1.165, 1.54) is 30.7 Å². The van der Waals surface area contributed by atoms with E-state index in [0.29, 0.717) is 17.8 Å². The van der Waals surface area contributed by atoms with Crippen LogP contribution in [-0.4, -0.2) is 17.6 Å². The zero-order chi connectivity index (χ0) is 26.5. The van der Waals surface area contributed by atoms with Gasteiger partial charge in [-0.2, -0.15) is 0 Å². The summed E-state index contributed by atoms with van der Waals surface area (Å²) in [6, 6.07) is 0. The highest BCUT2D eigenvalue weighted by Crippen LogP contribution is 2.40. The van der Waals surface area contributed by atoms with Crippen LogP contribution in [-0.2, 0) is 0 Å². The Morgan fingerprint density at radius 3 is 0.941 bits per heavy atom. The van der Waals surface area contributed by atoms with E-state index in [2.05, 4.69) is 111 Å². The second-order valence-electron chi connectivity index (χ2n) is 13.2. The van der Waals surface area contributed by atoms with Crippen molar-refractivity contribution in [2.24, 2.45) is 63.2 Å². The van der Waals surface area contributed by atoms with Gasteiger partial charge >= 0.3 is 0 Å². The average molecular weight is 481 g/mol. The predicted molar refractivity (Wildman–Crippen MR) is 161 cm³/mol. The number of rotatable bonds is 5. The van der Waals surface area contributed by atoms with Gasteiger partial charge in [0.25, 0.3) is 0 Å². The number of hydrogen-bond acceptors (Lipinski definition) is 2. The molecule has 0 spiro atoms. The van der Waals surface area contributed by atoms with Crippen LogP contribution in [0.4, 0.5) is 0 Å². The minimum atomic E-state index is 0. The lowest BCUT2D eigenvalue weighted by molar-refractivity contribution is 0.235. The Kier molecular flexibility index (Phi) is 21.7. The Hall–Kier alpha value is -0.660. The van der Waals surface area contributed by atoms with Crippen molar-refractivity contribution in [3.63, 3.8) is 0 Å². The van der Waals surface area contributed by atoms with Crippen LogP contribution in [0.1, 0.15) is 137 Å². The summed E-state index contributed by atoms with van der Waals surface area (Å²) in [5, 5.41) is 0. The SMILES string of the molecule is C.CC(C)C.CC(C)C.CC(C)C1=NC(C(C)C)N=C1C(C)C.CC(C)C1CCCC1C(C)C. The van der Waals surface area contributed by atoms with Crippen molar-refractivity contribution in [3.8, 4) is 0 Å². The topological polar surface area (TPSA) is 24.7 Å². The molecule has 2 atom stereocenters. The van der Waals surface area contributed by atoms with E-state index in [-0.39, 0.29) is 13.6 Å². The summed E-state index contributed by atoms with van der Waals surface area (Å²) in [4.78, 5) is 9.41. The third kappa shape index (κ3) is 16.9. The molecule has 1 heterocycles. The van der Waals surface area contributed by atoms with Crippen molar-refractivity contribution < 1.29 is 0 Å². The van der Waals surface area contributed by atoms with Crippen LogP contribution in [0.25, 0.3) is 0 Å². The van der Waals surface area contributed by atoms with Gasteiger partial charge in [-0.1, -0.05) is 125 Å². The molecule has 1 fully saturated rings. The molecule has 1 saturated carbocycles. The second kappa shape index (κ2) is 19.5. The molecular formula is C32H68N2. The molecule has 2 rings (SSSR count). The van der Waals surface area contributed by atoms with E-state index in [0.717, 1.165) is 35.5 Å². The Labute approximate surface area is 218 Å². The molecular weight excluding hydrogens is 412 g/mol. The lowest BCUT2D eigenvalue weighted by Gasteiger charge is -2.26. The maximum absolute atomic E-state index is 4.70. The third-order valence-corrected chi connectivity index (χ3v) is 5.83. The predicted octanol–water partition coefficient (Wildman–Crippen LogP) is 10.9. The van der Waals surface area contributed by atoms with E-state index in [1.807, 2.05) is 0 Å². The first-order valence-corrected chi connectivity index (χ1v) is 14.2. The molecule has 0 amide bonds. The van der Waals surface area contributed by atoms with Crippen LogP contribution >= 0.6 is 0 Å². The van der Waals surface area contributed by atoms with Gasteiger partial charge in [-0.05, 0) is 66.1 Å². The highest BCUT2D eigenvalue weighted by molar-refractivity contribution is 6.44. The second-order valence-corrected chi connectivity index (χ2v) is 13.2. The molecule has 2 aliphatic rings. The van der Waals surface area contributed by atoms with Crippen molar-refractivity contribution in [2.45, 2.75) is 144 Å². The van der Waals surface area contributed by atoms with Crippen LogP contribution in [0.5, 0.6) is 0 Å². The maximum atomic E-state index is 4.70. The van der Waals surface area contributed by atoms with Crippen LogP contribution in [0.3, 0.4) is 0 Å². The van der Waals surface area contributed by atoms with Gasteiger partial charge in [-0.25, -0.2) is 0 Å². The largest absolute Gasteiger partial charge is 0.261 e. The fourth-order valence-corrected chi connectivity index (χ4v) is 4.31. The van der Waals surface area contributed by atoms with Crippen molar-refractivity contribution in [2.75, 3.05) is 0 Å². The zero-order valence-electron chi connectivity index (χ0n) is 25.8. The van der Waals surface area contributed by atoms with E-state index in [9.17, 15) is 0 Å². The summed E-state index contributed by atoms with van der Waals surface area (Å²) in [6.45, 7) is 35.7. The molecule has 1 aliphatic carbocycles. The summed E-state index contributed by atoms with van der Waals surface area (Å²) in [6.07, 6.45) is 4.62. The minimum absolute atomic E-state index is 0. The Morgan fingerprint density at radius 1 is 0.500 bits per heavy atom. The molecule has 0 aromatic rings. The summed E-state index contributed by atoms with van der Waals surface area (Å²) in [7, 11) is 0. The van der Waals surface area contributed by atoms with Crippen LogP contribution in [0, 0.1) is 53.3 Å². The summed E-state index contributed by atoms with van der Waals surface area (Å²) < 4.78 is 0. The van der Waals surface area contributed by atoms with Crippen molar-refractivity contribution >= 4 is 11.4 Å². The molecule has 34 heavy (non-hydrogen) atoms. The fraction of sp³-hybridized carbons (Fsp3) is 0.938. The van der Waals surface area contributed by atoms with Crippen LogP contribution in [0.15, 0.2) is 9.98 Å². The summed E-state index contributed by atoms with van der Waals surface area (Å²) >= 11 is 0. The molecule has 0 saturated heterocycles. The molecule has 0 bridgehead atoms. The molecule has 0 N–H and O–H groups in total. The van der Waals surface area contributed by atoms with Gasteiger partial charge in [0.15, 0.2) is 0 Å². The highest BCUT2D eigenvalue weighted by Gasteiger charge is 2.31. The van der Waals surface area contributed by atoms with Crippen molar-refractivity contribution in [1.29, 1.82) is 0 Å². The van der Waals surface area contributed by atoms with Gasteiger partial charge < -0.3 is 0 Å². The molecule has 206 valence electrons. The van der Waals surface area contributed by atoms with Gasteiger partial charge in [0.1, 0.15) is 6.17 Å². The lowest BCUT2D eigenvalue weighted by Crippen LogP contribution is -2.22. The van der Waals surface area contributed by atoms with Gasteiger partial charge in [0.05, 0.1) is 11.4 Å².